The topological polar surface area (TPSA) is 120 Å². The third kappa shape index (κ3) is 9.14. The number of carbonyl (C=O) groups excluding carboxylic acids is 3. The lowest BCUT2D eigenvalue weighted by molar-refractivity contribution is -0.174. The average molecular weight is 811 g/mol. The summed E-state index contributed by atoms with van der Waals surface area (Å²) in [6, 6.07) is 22.9. The molecule has 2 aromatic heterocycles. The van der Waals surface area contributed by atoms with Crippen LogP contribution in [0.25, 0.3) is 21.3 Å². The van der Waals surface area contributed by atoms with Crippen molar-refractivity contribution in [2.75, 3.05) is 23.4 Å². The molecule has 1 N–H and O–H groups in total. The first-order valence-corrected chi connectivity index (χ1v) is 20.6. The molecule has 0 radical (unpaired) electrons. The van der Waals surface area contributed by atoms with Gasteiger partial charge in [-0.05, 0) is 131 Å². The molecule has 3 heterocycles. The summed E-state index contributed by atoms with van der Waals surface area (Å²) in [5.41, 5.74) is 4.86. The Bertz CT molecular complexity index is 2300. The molecule has 3 aromatic carbocycles. The molecule has 2 aliphatic rings. The molecule has 1 fully saturated rings. The predicted molar refractivity (Wildman–Crippen MR) is 221 cm³/mol. The van der Waals surface area contributed by atoms with Gasteiger partial charge in [0, 0.05) is 30.6 Å². The van der Waals surface area contributed by atoms with Crippen molar-refractivity contribution in [1.82, 2.24) is 9.97 Å². The van der Waals surface area contributed by atoms with Crippen LogP contribution in [0.2, 0.25) is 0 Å². The number of amides is 1. The lowest BCUT2D eigenvalue weighted by atomic mass is 9.83. The van der Waals surface area contributed by atoms with Crippen LogP contribution in [0.15, 0.2) is 72.8 Å². The molecule has 0 saturated heterocycles. The zero-order valence-electron chi connectivity index (χ0n) is 33.4. The summed E-state index contributed by atoms with van der Waals surface area (Å²) in [5.74, 6) is -4.89. The molecule has 304 valence electrons. The van der Waals surface area contributed by atoms with E-state index < -0.39 is 29.9 Å². The van der Waals surface area contributed by atoms with E-state index in [-0.39, 0.29) is 30.2 Å². The molecule has 7 rings (SSSR count). The smallest absolute Gasteiger partial charge is 0.376 e. The quantitative estimate of drug-likeness (QED) is 0.130. The van der Waals surface area contributed by atoms with Crippen LogP contribution < -0.4 is 15.0 Å². The number of para-hydroxylation sites is 1. The van der Waals surface area contributed by atoms with Gasteiger partial charge in [-0.25, -0.2) is 19.6 Å². The van der Waals surface area contributed by atoms with Crippen molar-refractivity contribution >= 4 is 50.3 Å². The summed E-state index contributed by atoms with van der Waals surface area (Å²) >= 11 is 1.43. The predicted octanol–water partition coefficient (Wildman–Crippen LogP) is 9.96. The van der Waals surface area contributed by atoms with Crippen molar-refractivity contribution in [2.24, 2.45) is 5.92 Å². The highest BCUT2D eigenvalue weighted by Gasteiger charge is 2.43. The Hall–Kier alpha value is -5.43. The minimum atomic E-state index is -3.51. The number of nitrogens with one attached hydrogen (secondary N) is 1. The number of hydrogen-bond acceptors (Lipinski definition) is 10. The van der Waals surface area contributed by atoms with Crippen LogP contribution >= 0.6 is 11.3 Å². The molecule has 1 aliphatic carbocycles. The molecule has 58 heavy (non-hydrogen) atoms. The maximum Gasteiger partial charge on any atom is 0.376 e. The van der Waals surface area contributed by atoms with Gasteiger partial charge in [-0.2, -0.15) is 8.78 Å². The van der Waals surface area contributed by atoms with Crippen LogP contribution in [0.4, 0.5) is 19.7 Å². The van der Waals surface area contributed by atoms with E-state index in [0.717, 1.165) is 32.5 Å². The van der Waals surface area contributed by atoms with Gasteiger partial charge in [-0.3, -0.25) is 10.1 Å². The number of alkyl halides is 2. The Morgan fingerprint density at radius 3 is 2.41 bits per heavy atom. The first-order chi connectivity index (χ1) is 27.7. The number of hydrogen-bond donors (Lipinski definition) is 1. The molecule has 1 amide bonds. The largest absolute Gasteiger partial charge is 0.490 e. The molecule has 13 heteroatoms. The lowest BCUT2D eigenvalue weighted by Crippen LogP contribution is -2.35. The molecule has 10 nitrogen and oxygen atoms in total. The minimum absolute atomic E-state index is 0.0873. The molecular formula is C45H48F2N4O6S. The van der Waals surface area contributed by atoms with Crippen molar-refractivity contribution in [2.45, 2.75) is 97.3 Å². The number of halogens is 2. The second kappa shape index (κ2) is 16.8. The summed E-state index contributed by atoms with van der Waals surface area (Å²) in [6.07, 6.45) is 2.09. The zero-order valence-corrected chi connectivity index (χ0v) is 34.2. The second-order valence-corrected chi connectivity index (χ2v) is 17.0. The monoisotopic (exact) mass is 810 g/mol. The minimum Gasteiger partial charge on any atom is -0.490 e. The Morgan fingerprint density at radius 1 is 0.914 bits per heavy atom. The van der Waals surface area contributed by atoms with E-state index in [1.807, 2.05) is 100 Å². The fourth-order valence-electron chi connectivity index (χ4n) is 7.75. The number of carbonyl (C=O) groups is 3. The third-order valence-electron chi connectivity index (χ3n) is 10.6. The number of benzene rings is 3. The molecule has 0 unspecified atom stereocenters. The van der Waals surface area contributed by atoms with Crippen molar-refractivity contribution in [1.29, 1.82) is 0 Å². The van der Waals surface area contributed by atoms with E-state index in [1.165, 1.54) is 18.3 Å². The van der Waals surface area contributed by atoms with Crippen LogP contribution in [-0.2, 0) is 27.2 Å². The van der Waals surface area contributed by atoms with Crippen molar-refractivity contribution in [3.63, 3.8) is 0 Å². The van der Waals surface area contributed by atoms with Gasteiger partial charge in [-0.1, -0.05) is 47.7 Å². The number of aromatic nitrogens is 2. The molecular weight excluding hydrogens is 763 g/mol. The molecule has 0 spiro atoms. The number of nitrogens with zero attached hydrogens (tertiary/aromatic N) is 3. The zero-order chi connectivity index (χ0) is 41.2. The molecule has 0 atom stereocenters. The number of esters is 2. The normalized spacial score (nSPS) is 17.1. The van der Waals surface area contributed by atoms with Gasteiger partial charge in [0.15, 0.2) is 10.8 Å². The summed E-state index contributed by atoms with van der Waals surface area (Å²) in [4.78, 5) is 51.0. The Balaban J connectivity index is 1.11. The van der Waals surface area contributed by atoms with Crippen LogP contribution in [-0.4, -0.2) is 58.6 Å². The highest BCUT2D eigenvalue weighted by molar-refractivity contribution is 7.22. The Labute approximate surface area is 340 Å². The van der Waals surface area contributed by atoms with Crippen LogP contribution in [0.1, 0.15) is 97.3 Å². The highest BCUT2D eigenvalue weighted by Crippen LogP contribution is 2.39. The van der Waals surface area contributed by atoms with Gasteiger partial charge in [-0.15, -0.1) is 0 Å². The van der Waals surface area contributed by atoms with Crippen LogP contribution in [0.5, 0.6) is 5.75 Å². The summed E-state index contributed by atoms with van der Waals surface area (Å²) < 4.78 is 46.8. The lowest BCUT2D eigenvalue weighted by Gasteiger charge is -2.32. The first kappa shape index (κ1) is 40.8. The summed E-state index contributed by atoms with van der Waals surface area (Å²) in [7, 11) is 0. The second-order valence-electron chi connectivity index (χ2n) is 15.9. The molecule has 0 bridgehead atoms. The van der Waals surface area contributed by atoms with Crippen molar-refractivity contribution < 1.29 is 37.4 Å². The first-order valence-electron chi connectivity index (χ1n) is 19.8. The van der Waals surface area contributed by atoms with Gasteiger partial charge in [0.2, 0.25) is 0 Å². The number of thiazole rings is 1. The fraction of sp³-hybridized carbons (Fsp3) is 0.400. The van der Waals surface area contributed by atoms with E-state index in [1.54, 1.807) is 0 Å². The van der Waals surface area contributed by atoms with E-state index in [4.69, 9.17) is 14.5 Å². The molecule has 1 saturated carbocycles. The third-order valence-corrected chi connectivity index (χ3v) is 11.6. The van der Waals surface area contributed by atoms with E-state index in [2.05, 4.69) is 19.9 Å². The summed E-state index contributed by atoms with van der Waals surface area (Å²) in [5, 5.41) is 3.53. The van der Waals surface area contributed by atoms with Gasteiger partial charge in [0.1, 0.15) is 17.2 Å². The maximum absolute atomic E-state index is 14.4. The number of ether oxygens (including phenoxy) is 3. The van der Waals surface area contributed by atoms with Gasteiger partial charge < -0.3 is 19.1 Å². The van der Waals surface area contributed by atoms with E-state index in [9.17, 15) is 23.2 Å². The SMILES string of the molecule is CCOC(=O)C(F)(F)C[C@H]1CC[C@H](Oc2cccc(-c3ccc(N4CCc5cccc(C(=O)Nc6nc7ccccc7s6)c5C4)nc3C(=O)OC(C)(C)C)c2C)CC1. The van der Waals surface area contributed by atoms with Crippen molar-refractivity contribution in [3.05, 3.63) is 101 Å². The number of anilines is 2. The van der Waals surface area contributed by atoms with E-state index in [0.29, 0.717) is 73.0 Å². The standard InChI is InChI=1S/C45H48F2N4O6S/c1-6-55-42(54)45(46,47)25-28-17-19-30(20-18-28)56-36-15-10-12-31(27(36)2)32-21-22-38(49-39(32)41(53)57-44(3,4)5)51-24-23-29-11-9-13-33(34(29)26-51)40(52)50-43-48-35-14-7-8-16-37(35)58-43/h7-16,21-22,28,30H,6,17-20,23-26H2,1-5H3,(H,48,50,52)/t28-,30-. The number of pyridine rings is 1. The molecule has 5 aromatic rings. The molecule has 1 aliphatic heterocycles. The van der Waals surface area contributed by atoms with Gasteiger partial charge in [0.25, 0.3) is 5.91 Å². The average Bonchev–Trinajstić information content (AvgIpc) is 3.60. The Kier molecular flexibility index (Phi) is 11.8. The Morgan fingerprint density at radius 2 is 1.67 bits per heavy atom. The van der Waals surface area contributed by atoms with Gasteiger partial charge >= 0.3 is 17.9 Å². The highest BCUT2D eigenvalue weighted by atomic mass is 32.1. The van der Waals surface area contributed by atoms with E-state index >= 15 is 0 Å². The number of rotatable bonds is 11. The summed E-state index contributed by atoms with van der Waals surface area (Å²) in [6.45, 7) is 9.81. The van der Waals surface area contributed by atoms with Crippen molar-refractivity contribution in [3.8, 4) is 16.9 Å². The maximum atomic E-state index is 14.4. The number of fused-ring (bicyclic) bond motifs is 2. The van der Waals surface area contributed by atoms with Gasteiger partial charge in [0.05, 0.1) is 22.9 Å². The van der Waals surface area contributed by atoms with Crippen LogP contribution in [0.3, 0.4) is 0 Å². The fourth-order valence-corrected chi connectivity index (χ4v) is 8.61. The van der Waals surface area contributed by atoms with Crippen LogP contribution in [0, 0.1) is 12.8 Å².